The van der Waals surface area contributed by atoms with Crippen LogP contribution in [0.1, 0.15) is 44.9 Å². The number of likely N-dealkylation sites (tertiary alicyclic amines) is 1. The monoisotopic (exact) mass is 765 g/mol. The molecule has 5 rings (SSSR count). The van der Waals surface area contributed by atoms with Gasteiger partial charge in [0, 0.05) is 68.0 Å². The molecule has 0 aliphatic carbocycles. The van der Waals surface area contributed by atoms with Gasteiger partial charge >= 0.3 is 12.1 Å². The first-order chi connectivity index (χ1) is 24.5. The summed E-state index contributed by atoms with van der Waals surface area (Å²) in [7, 11) is -2.93. The summed E-state index contributed by atoms with van der Waals surface area (Å²) in [5.74, 6) is -1.22. The molecule has 3 fully saturated rings. The third-order valence-electron chi connectivity index (χ3n) is 9.78. The van der Waals surface area contributed by atoms with Crippen LogP contribution in [0.4, 0.5) is 10.5 Å². The van der Waals surface area contributed by atoms with Gasteiger partial charge in [-0.1, -0.05) is 41.4 Å². The van der Waals surface area contributed by atoms with E-state index < -0.39 is 34.0 Å². The summed E-state index contributed by atoms with van der Waals surface area (Å²) in [6, 6.07) is 11.9. The molecule has 0 bridgehead atoms. The lowest BCUT2D eigenvalue weighted by Gasteiger charge is -2.35. The standard InChI is InChI=1S/C35H45Cl2N5O8S/c1-49-34(45)30(38-33(44)31-8-5-14-42(31)51(47,48)29-23-26(36)22-27(37)24-29)9-10-32(43)40-15-11-25(12-16-40)13-21-50-35(46)41-19-17-39(18-20-41)28-6-3-2-4-7-28/h2-4,6-7,22-25,30-31H,5,8-21H2,1H3,(H,38,44)/t30-,31-/m0/s1. The average molecular weight is 767 g/mol. The molecule has 16 heteroatoms. The van der Waals surface area contributed by atoms with E-state index in [0.29, 0.717) is 51.5 Å². The van der Waals surface area contributed by atoms with Gasteiger partial charge in [0.25, 0.3) is 0 Å². The minimum absolute atomic E-state index is 0.00386. The molecule has 3 aliphatic heterocycles. The molecule has 0 radical (unpaired) electrons. The predicted molar refractivity (Wildman–Crippen MR) is 192 cm³/mol. The number of hydrogen-bond donors (Lipinski definition) is 1. The summed E-state index contributed by atoms with van der Waals surface area (Å²) in [5.41, 5.74) is 1.15. The second kappa shape index (κ2) is 17.8. The molecule has 1 N–H and O–H groups in total. The molecule has 0 unspecified atom stereocenters. The number of benzene rings is 2. The van der Waals surface area contributed by atoms with Crippen molar-refractivity contribution in [3.05, 3.63) is 58.6 Å². The van der Waals surface area contributed by atoms with Crippen LogP contribution in [0.5, 0.6) is 0 Å². The van der Waals surface area contributed by atoms with Gasteiger partial charge in [0.15, 0.2) is 0 Å². The number of rotatable bonds is 12. The van der Waals surface area contributed by atoms with Gasteiger partial charge in [-0.05, 0) is 74.8 Å². The normalized spacial score (nSPS) is 19.4. The molecule has 3 heterocycles. The Morgan fingerprint density at radius 2 is 1.55 bits per heavy atom. The van der Waals surface area contributed by atoms with E-state index in [9.17, 15) is 27.6 Å². The van der Waals surface area contributed by atoms with Gasteiger partial charge < -0.3 is 29.5 Å². The third-order valence-corrected chi connectivity index (χ3v) is 12.1. The van der Waals surface area contributed by atoms with Crippen molar-refractivity contribution < 1.29 is 37.1 Å². The summed E-state index contributed by atoms with van der Waals surface area (Å²) >= 11 is 12.1. The van der Waals surface area contributed by atoms with Crippen molar-refractivity contribution in [1.29, 1.82) is 0 Å². The number of nitrogens with zero attached hydrogens (tertiary/aromatic N) is 4. The smallest absolute Gasteiger partial charge is 0.409 e. The number of piperidine rings is 1. The lowest BCUT2D eigenvalue weighted by atomic mass is 9.93. The van der Waals surface area contributed by atoms with Crippen molar-refractivity contribution in [2.24, 2.45) is 5.92 Å². The van der Waals surface area contributed by atoms with Gasteiger partial charge in [-0.3, -0.25) is 9.59 Å². The lowest BCUT2D eigenvalue weighted by Crippen LogP contribution is -2.51. The zero-order chi connectivity index (χ0) is 36.5. The molecule has 13 nitrogen and oxygen atoms in total. The minimum Gasteiger partial charge on any atom is -0.467 e. The molecule has 0 saturated carbocycles. The topological polar surface area (TPSA) is 146 Å². The maximum atomic E-state index is 13.4. The highest BCUT2D eigenvalue weighted by Gasteiger charge is 2.41. The number of sulfonamides is 1. The Balaban J connectivity index is 1.03. The van der Waals surface area contributed by atoms with Crippen LogP contribution in [0.15, 0.2) is 53.4 Å². The minimum atomic E-state index is -4.11. The van der Waals surface area contributed by atoms with Crippen LogP contribution in [0, 0.1) is 5.92 Å². The van der Waals surface area contributed by atoms with Crippen molar-refractivity contribution in [3.63, 3.8) is 0 Å². The van der Waals surface area contributed by atoms with Crippen molar-refractivity contribution >= 4 is 62.8 Å². The van der Waals surface area contributed by atoms with E-state index in [0.717, 1.165) is 35.9 Å². The van der Waals surface area contributed by atoms with Gasteiger partial charge in [-0.2, -0.15) is 4.31 Å². The average Bonchev–Trinajstić information content (AvgIpc) is 3.65. The van der Waals surface area contributed by atoms with E-state index in [1.54, 1.807) is 9.80 Å². The highest BCUT2D eigenvalue weighted by Crippen LogP contribution is 2.30. The fourth-order valence-corrected chi connectivity index (χ4v) is 9.23. The Kier molecular flexibility index (Phi) is 13.5. The summed E-state index contributed by atoms with van der Waals surface area (Å²) in [6.45, 7) is 4.23. The number of esters is 1. The molecule has 3 saturated heterocycles. The SMILES string of the molecule is COC(=O)[C@H](CCC(=O)N1CCC(CCOC(=O)N2CCN(c3ccccc3)CC2)CC1)NC(=O)[C@@H]1CCCN1S(=O)(=O)c1cc(Cl)cc(Cl)c1. The Hall–Kier alpha value is -3.59. The first kappa shape index (κ1) is 38.6. The van der Waals surface area contributed by atoms with Crippen LogP contribution in [-0.4, -0.2) is 118 Å². The Bertz CT molecular complexity index is 1630. The molecule has 0 aromatic heterocycles. The van der Waals surface area contributed by atoms with E-state index in [2.05, 4.69) is 22.3 Å². The van der Waals surface area contributed by atoms with Crippen LogP contribution in [0.3, 0.4) is 0 Å². The number of nitrogens with one attached hydrogen (secondary N) is 1. The molecule has 2 atom stereocenters. The van der Waals surface area contributed by atoms with Crippen LogP contribution < -0.4 is 10.2 Å². The molecule has 2 aromatic carbocycles. The number of hydrogen-bond acceptors (Lipinski definition) is 9. The fraction of sp³-hybridized carbons (Fsp3) is 0.543. The van der Waals surface area contributed by atoms with Crippen LogP contribution in [0.2, 0.25) is 10.0 Å². The second-order valence-electron chi connectivity index (χ2n) is 13.0. The summed E-state index contributed by atoms with van der Waals surface area (Å²) in [4.78, 5) is 57.4. The summed E-state index contributed by atoms with van der Waals surface area (Å²) < 4.78 is 38.4. The zero-order valence-corrected chi connectivity index (χ0v) is 31.0. The van der Waals surface area contributed by atoms with E-state index in [4.69, 9.17) is 32.7 Å². The maximum Gasteiger partial charge on any atom is 0.409 e. The summed E-state index contributed by atoms with van der Waals surface area (Å²) in [6.07, 6.45) is 2.64. The van der Waals surface area contributed by atoms with Gasteiger partial charge in [-0.25, -0.2) is 18.0 Å². The molecule has 3 aliphatic rings. The maximum absolute atomic E-state index is 13.4. The first-order valence-corrected chi connectivity index (χ1v) is 19.5. The molecular formula is C35H45Cl2N5O8S. The van der Waals surface area contributed by atoms with Gasteiger partial charge in [0.05, 0.1) is 18.6 Å². The first-order valence-electron chi connectivity index (χ1n) is 17.3. The van der Waals surface area contributed by atoms with Gasteiger partial charge in [0.2, 0.25) is 21.8 Å². The fourth-order valence-electron chi connectivity index (χ4n) is 6.85. The van der Waals surface area contributed by atoms with E-state index in [-0.39, 0.29) is 52.7 Å². The highest BCUT2D eigenvalue weighted by atomic mass is 35.5. The van der Waals surface area contributed by atoms with Crippen LogP contribution in [-0.2, 0) is 33.9 Å². The third kappa shape index (κ3) is 10.1. The van der Waals surface area contributed by atoms with Crippen molar-refractivity contribution in [2.75, 3.05) is 64.4 Å². The Morgan fingerprint density at radius 1 is 0.882 bits per heavy atom. The zero-order valence-electron chi connectivity index (χ0n) is 28.7. The number of ether oxygens (including phenoxy) is 2. The lowest BCUT2D eigenvalue weighted by molar-refractivity contribution is -0.146. The predicted octanol–water partition coefficient (Wildman–Crippen LogP) is 4.17. The van der Waals surface area contributed by atoms with E-state index >= 15 is 0 Å². The van der Waals surface area contributed by atoms with Crippen molar-refractivity contribution in [3.8, 4) is 0 Å². The Morgan fingerprint density at radius 3 is 2.20 bits per heavy atom. The largest absolute Gasteiger partial charge is 0.467 e. The number of methoxy groups -OCH3 is 1. The molecular weight excluding hydrogens is 721 g/mol. The number of anilines is 1. The number of para-hydroxylation sites is 1. The Labute approximate surface area is 309 Å². The molecule has 3 amide bonds. The van der Waals surface area contributed by atoms with E-state index in [1.165, 1.54) is 25.3 Å². The van der Waals surface area contributed by atoms with E-state index in [1.807, 2.05) is 18.2 Å². The number of piperazine rings is 1. The second-order valence-corrected chi connectivity index (χ2v) is 15.8. The van der Waals surface area contributed by atoms with Crippen molar-refractivity contribution in [1.82, 2.24) is 19.4 Å². The van der Waals surface area contributed by atoms with Gasteiger partial charge in [-0.15, -0.1) is 0 Å². The number of amides is 3. The molecule has 0 spiro atoms. The number of carbonyl (C=O) groups excluding carboxylic acids is 4. The van der Waals surface area contributed by atoms with Crippen LogP contribution >= 0.6 is 23.2 Å². The summed E-state index contributed by atoms with van der Waals surface area (Å²) in [5, 5.41) is 2.92. The highest BCUT2D eigenvalue weighted by molar-refractivity contribution is 7.89. The quantitative estimate of drug-likeness (QED) is 0.315. The van der Waals surface area contributed by atoms with Crippen molar-refractivity contribution in [2.45, 2.75) is 61.9 Å². The van der Waals surface area contributed by atoms with Crippen LogP contribution in [0.25, 0.3) is 0 Å². The number of halogens is 2. The van der Waals surface area contributed by atoms with Gasteiger partial charge in [0.1, 0.15) is 12.1 Å². The molecule has 2 aromatic rings. The molecule has 51 heavy (non-hydrogen) atoms. The molecule has 278 valence electrons. The number of carbonyl (C=O) groups is 4.